The third kappa shape index (κ3) is 3.91. The molecule has 1 aliphatic rings. The van der Waals surface area contributed by atoms with Crippen molar-refractivity contribution in [1.82, 2.24) is 14.8 Å². The Bertz CT molecular complexity index is 966. The molecule has 4 rings (SSSR count). The highest BCUT2D eigenvalue weighted by atomic mass is 32.2. The van der Waals surface area contributed by atoms with Gasteiger partial charge in [-0.2, -0.15) is 0 Å². The number of aromatic nitrogens is 3. The number of carbonyl (C=O) groups excluding carboxylic acids is 1. The number of thiophene rings is 1. The first-order valence-electron chi connectivity index (χ1n) is 8.75. The largest absolute Gasteiger partial charge is 0.325 e. The Balaban J connectivity index is 1.50. The zero-order valence-electron chi connectivity index (χ0n) is 15.0. The van der Waals surface area contributed by atoms with E-state index in [1.54, 1.807) is 30.4 Å². The van der Waals surface area contributed by atoms with Crippen molar-refractivity contribution in [2.45, 2.75) is 43.1 Å². The number of hydrogen-bond acceptors (Lipinski definition) is 5. The van der Waals surface area contributed by atoms with Crippen LogP contribution in [0.4, 0.5) is 10.1 Å². The molecule has 140 valence electrons. The number of halogens is 1. The summed E-state index contributed by atoms with van der Waals surface area (Å²) in [4.78, 5) is 13.6. The average Bonchev–Trinajstić information content (AvgIpc) is 3.17. The van der Waals surface area contributed by atoms with Crippen LogP contribution >= 0.6 is 23.1 Å². The molecular formula is C19H19FN4OS2. The average molecular weight is 403 g/mol. The lowest BCUT2D eigenvalue weighted by Crippen LogP contribution is -2.23. The maximum absolute atomic E-state index is 13.7. The number of benzene rings is 1. The number of thioether (sulfide) groups is 1. The van der Waals surface area contributed by atoms with Crippen LogP contribution in [0.25, 0.3) is 10.7 Å². The summed E-state index contributed by atoms with van der Waals surface area (Å²) >= 11 is 3.01. The van der Waals surface area contributed by atoms with E-state index in [9.17, 15) is 9.18 Å². The standard InChI is InChI=1S/C19H19FN4OS2/c1-11-5-6-13(10-15(11)20)21-18(25)12(2)27-19-23-22-17(16-4-3-9-26-16)24(19)14-7-8-14/h3-6,9-10,12,14H,7-8H2,1-2H3,(H,21,25)/t12-/m1/s1. The molecule has 1 amide bonds. The molecule has 1 atom stereocenters. The molecule has 2 aromatic heterocycles. The predicted molar refractivity (Wildman–Crippen MR) is 107 cm³/mol. The van der Waals surface area contributed by atoms with Gasteiger partial charge in [0.05, 0.1) is 10.1 Å². The number of amides is 1. The van der Waals surface area contributed by atoms with Crippen molar-refractivity contribution in [1.29, 1.82) is 0 Å². The third-order valence-corrected chi connectivity index (χ3v) is 6.33. The van der Waals surface area contributed by atoms with Gasteiger partial charge in [0, 0.05) is 11.7 Å². The van der Waals surface area contributed by atoms with Gasteiger partial charge in [-0.05, 0) is 55.8 Å². The summed E-state index contributed by atoms with van der Waals surface area (Å²) in [6, 6.07) is 9.13. The van der Waals surface area contributed by atoms with Crippen LogP contribution in [0, 0.1) is 12.7 Å². The summed E-state index contributed by atoms with van der Waals surface area (Å²) in [5, 5.41) is 13.8. The summed E-state index contributed by atoms with van der Waals surface area (Å²) in [5.41, 5.74) is 1.01. The fourth-order valence-corrected chi connectivity index (χ4v) is 4.34. The van der Waals surface area contributed by atoms with Gasteiger partial charge in [0.1, 0.15) is 5.82 Å². The zero-order chi connectivity index (χ0) is 19.0. The SMILES string of the molecule is Cc1ccc(NC(=O)[C@@H](C)Sc2nnc(-c3cccs3)n2C2CC2)cc1F. The molecule has 1 saturated carbocycles. The molecule has 0 spiro atoms. The van der Waals surface area contributed by atoms with Gasteiger partial charge < -0.3 is 5.32 Å². The van der Waals surface area contributed by atoms with Crippen molar-refractivity contribution in [3.8, 4) is 10.7 Å². The van der Waals surface area contributed by atoms with E-state index < -0.39 is 0 Å². The topological polar surface area (TPSA) is 59.8 Å². The maximum atomic E-state index is 13.7. The van der Waals surface area contributed by atoms with Crippen LogP contribution in [0.3, 0.4) is 0 Å². The minimum Gasteiger partial charge on any atom is -0.325 e. The van der Waals surface area contributed by atoms with Crippen molar-refractivity contribution in [3.63, 3.8) is 0 Å². The van der Waals surface area contributed by atoms with E-state index in [0.29, 0.717) is 17.3 Å². The lowest BCUT2D eigenvalue weighted by molar-refractivity contribution is -0.115. The molecule has 27 heavy (non-hydrogen) atoms. The van der Waals surface area contributed by atoms with E-state index in [0.717, 1.165) is 28.7 Å². The lowest BCUT2D eigenvalue weighted by Gasteiger charge is -2.13. The van der Waals surface area contributed by atoms with Crippen LogP contribution in [0.5, 0.6) is 0 Å². The van der Waals surface area contributed by atoms with E-state index in [2.05, 4.69) is 20.1 Å². The highest BCUT2D eigenvalue weighted by Crippen LogP contribution is 2.42. The van der Waals surface area contributed by atoms with Crippen molar-refractivity contribution in [2.75, 3.05) is 5.32 Å². The number of nitrogens with one attached hydrogen (secondary N) is 1. The molecule has 8 heteroatoms. The van der Waals surface area contributed by atoms with Crippen molar-refractivity contribution in [2.24, 2.45) is 0 Å². The molecule has 1 fully saturated rings. The van der Waals surface area contributed by atoms with Crippen LogP contribution in [0.15, 0.2) is 40.9 Å². The first-order chi connectivity index (χ1) is 13.0. The molecule has 0 saturated heterocycles. The number of anilines is 1. The van der Waals surface area contributed by atoms with Crippen LogP contribution in [-0.4, -0.2) is 25.9 Å². The summed E-state index contributed by atoms with van der Waals surface area (Å²) < 4.78 is 15.8. The first-order valence-corrected chi connectivity index (χ1v) is 10.5. The van der Waals surface area contributed by atoms with E-state index in [4.69, 9.17) is 0 Å². The number of aryl methyl sites for hydroxylation is 1. The fourth-order valence-electron chi connectivity index (χ4n) is 2.72. The van der Waals surface area contributed by atoms with Gasteiger partial charge in [-0.1, -0.05) is 23.9 Å². The number of carbonyl (C=O) groups is 1. The van der Waals surface area contributed by atoms with Crippen LogP contribution < -0.4 is 5.32 Å². The fraction of sp³-hybridized carbons (Fsp3) is 0.316. The highest BCUT2D eigenvalue weighted by molar-refractivity contribution is 8.00. The summed E-state index contributed by atoms with van der Waals surface area (Å²) in [7, 11) is 0. The zero-order valence-corrected chi connectivity index (χ0v) is 16.6. The first kappa shape index (κ1) is 18.2. The molecule has 0 aliphatic heterocycles. The van der Waals surface area contributed by atoms with Crippen LogP contribution in [0.2, 0.25) is 0 Å². The van der Waals surface area contributed by atoms with Gasteiger partial charge in [-0.3, -0.25) is 9.36 Å². The van der Waals surface area contributed by atoms with Gasteiger partial charge in [-0.15, -0.1) is 21.5 Å². The van der Waals surface area contributed by atoms with Gasteiger partial charge in [0.15, 0.2) is 11.0 Å². The van der Waals surface area contributed by atoms with E-state index in [1.165, 1.54) is 17.8 Å². The van der Waals surface area contributed by atoms with E-state index in [1.807, 2.05) is 24.4 Å². The van der Waals surface area contributed by atoms with Gasteiger partial charge in [0.25, 0.3) is 0 Å². The summed E-state index contributed by atoms with van der Waals surface area (Å²) in [5.74, 6) is 0.344. The summed E-state index contributed by atoms with van der Waals surface area (Å²) in [6.07, 6.45) is 2.21. The Morgan fingerprint density at radius 1 is 1.37 bits per heavy atom. The quantitative estimate of drug-likeness (QED) is 0.595. The van der Waals surface area contributed by atoms with Crippen LogP contribution in [-0.2, 0) is 4.79 Å². The monoisotopic (exact) mass is 402 g/mol. The van der Waals surface area contributed by atoms with Crippen molar-refractivity contribution in [3.05, 3.63) is 47.1 Å². The minimum atomic E-state index is -0.382. The number of hydrogen-bond donors (Lipinski definition) is 1. The minimum absolute atomic E-state index is 0.189. The second-order valence-electron chi connectivity index (χ2n) is 6.60. The van der Waals surface area contributed by atoms with Crippen molar-refractivity contribution >= 4 is 34.7 Å². The van der Waals surface area contributed by atoms with Crippen LogP contribution in [0.1, 0.15) is 31.4 Å². The smallest absolute Gasteiger partial charge is 0.237 e. The van der Waals surface area contributed by atoms with E-state index in [-0.39, 0.29) is 17.0 Å². The van der Waals surface area contributed by atoms with Gasteiger partial charge in [0.2, 0.25) is 5.91 Å². The Kier molecular flexibility index (Phi) is 5.01. The molecule has 1 N–H and O–H groups in total. The Hall–Kier alpha value is -2.19. The molecule has 0 unspecified atom stereocenters. The lowest BCUT2D eigenvalue weighted by atomic mass is 10.2. The second-order valence-corrected chi connectivity index (χ2v) is 8.85. The van der Waals surface area contributed by atoms with Gasteiger partial charge >= 0.3 is 0 Å². The number of rotatable bonds is 6. The Morgan fingerprint density at radius 3 is 2.85 bits per heavy atom. The Morgan fingerprint density at radius 2 is 2.19 bits per heavy atom. The van der Waals surface area contributed by atoms with Crippen molar-refractivity contribution < 1.29 is 9.18 Å². The third-order valence-electron chi connectivity index (χ3n) is 4.41. The molecule has 2 heterocycles. The normalized spacial score (nSPS) is 14.9. The summed E-state index contributed by atoms with van der Waals surface area (Å²) in [6.45, 7) is 3.51. The molecule has 3 aromatic rings. The number of nitrogens with zero attached hydrogens (tertiary/aromatic N) is 3. The molecule has 0 bridgehead atoms. The van der Waals surface area contributed by atoms with Gasteiger partial charge in [-0.25, -0.2) is 4.39 Å². The predicted octanol–water partition coefficient (Wildman–Crippen LogP) is 4.91. The molecule has 0 radical (unpaired) electrons. The second kappa shape index (κ2) is 7.44. The maximum Gasteiger partial charge on any atom is 0.237 e. The molecule has 1 aliphatic carbocycles. The highest BCUT2D eigenvalue weighted by Gasteiger charge is 2.31. The Labute approximate surface area is 165 Å². The molecule has 1 aromatic carbocycles. The molecule has 5 nitrogen and oxygen atoms in total. The van der Waals surface area contributed by atoms with E-state index >= 15 is 0 Å². The molecular weight excluding hydrogens is 383 g/mol.